The second-order valence-corrected chi connectivity index (χ2v) is 5.38. The van der Waals surface area contributed by atoms with E-state index in [-0.39, 0.29) is 6.42 Å². The lowest BCUT2D eigenvalue weighted by Gasteiger charge is -2.27. The van der Waals surface area contributed by atoms with Crippen LogP contribution < -0.4 is 5.73 Å². The number of nitrogens with two attached hydrogens (primary N) is 1. The number of hydrogen-bond donors (Lipinski definition) is 4. The molecule has 0 bridgehead atoms. The Bertz CT molecular complexity index is 667. The van der Waals surface area contributed by atoms with Crippen LogP contribution in [-0.4, -0.2) is 54.8 Å². The Kier molecular flexibility index (Phi) is 3.33. The third kappa shape index (κ3) is 1.99. The van der Waals surface area contributed by atoms with E-state index in [0.29, 0.717) is 11.5 Å². The molecule has 0 aromatic carbocycles. The van der Waals surface area contributed by atoms with E-state index in [9.17, 15) is 15.3 Å². The van der Waals surface area contributed by atoms with Gasteiger partial charge in [0.05, 0.1) is 24.7 Å². The van der Waals surface area contributed by atoms with Gasteiger partial charge < -0.3 is 30.4 Å². The van der Waals surface area contributed by atoms with Crippen molar-refractivity contribution in [3.63, 3.8) is 0 Å². The fourth-order valence-corrected chi connectivity index (χ4v) is 2.83. The van der Waals surface area contributed by atoms with Crippen molar-refractivity contribution in [3.05, 3.63) is 18.1 Å². The lowest BCUT2D eigenvalue weighted by atomic mass is 9.99. The molecule has 3 rings (SSSR count). The first-order valence-electron chi connectivity index (χ1n) is 6.67. The predicted molar refractivity (Wildman–Crippen MR) is 74.3 cm³/mol. The molecule has 1 fully saturated rings. The third-order valence-electron chi connectivity index (χ3n) is 4.08. The van der Waals surface area contributed by atoms with Gasteiger partial charge in [-0.2, -0.15) is 0 Å². The van der Waals surface area contributed by atoms with Gasteiger partial charge in [-0.15, -0.1) is 0 Å². The van der Waals surface area contributed by atoms with Crippen LogP contribution in [0.5, 0.6) is 0 Å². The molecular weight excluding hydrogens is 276 g/mol. The molecule has 114 valence electrons. The van der Waals surface area contributed by atoms with E-state index in [1.807, 2.05) is 13.1 Å². The summed E-state index contributed by atoms with van der Waals surface area (Å²) in [5.74, 6) is 0.380. The Hall–Kier alpha value is -1.74. The number of aryl methyl sites for hydroxylation is 1. The standard InChI is InChI=1S/C13H18N4O4/c1-7-3-17(12-10(7)11(14)15-6-16-12)9-2-8(20)13(4-18,5-19)21-9/h3,6,8-9,18-20H,2,4-5H2,1H3,(H2,14,15,16)/t8-,9+/m0/s1. The van der Waals surface area contributed by atoms with Gasteiger partial charge in [-0.1, -0.05) is 0 Å². The fourth-order valence-electron chi connectivity index (χ4n) is 2.83. The molecule has 1 aliphatic rings. The van der Waals surface area contributed by atoms with E-state index in [4.69, 9.17) is 10.5 Å². The summed E-state index contributed by atoms with van der Waals surface area (Å²) < 4.78 is 7.47. The van der Waals surface area contributed by atoms with Crippen LogP contribution in [0.3, 0.4) is 0 Å². The lowest BCUT2D eigenvalue weighted by molar-refractivity contribution is -0.148. The number of fused-ring (bicyclic) bond motifs is 1. The smallest absolute Gasteiger partial charge is 0.147 e. The minimum atomic E-state index is -1.35. The molecule has 0 aliphatic carbocycles. The van der Waals surface area contributed by atoms with E-state index in [1.165, 1.54) is 6.33 Å². The maximum atomic E-state index is 10.1. The summed E-state index contributed by atoms with van der Waals surface area (Å²) in [7, 11) is 0. The molecular formula is C13H18N4O4. The average Bonchev–Trinajstić information content (AvgIpc) is 2.98. The highest BCUT2D eigenvalue weighted by molar-refractivity contribution is 5.89. The van der Waals surface area contributed by atoms with Crippen molar-refractivity contribution in [2.45, 2.75) is 31.3 Å². The summed E-state index contributed by atoms with van der Waals surface area (Å²) in [4.78, 5) is 8.18. The number of aromatic nitrogens is 3. The normalized spacial score (nSPS) is 24.8. The van der Waals surface area contributed by atoms with Crippen LogP contribution in [0.1, 0.15) is 18.2 Å². The molecule has 0 saturated carbocycles. The van der Waals surface area contributed by atoms with E-state index in [2.05, 4.69) is 9.97 Å². The molecule has 2 atom stereocenters. The van der Waals surface area contributed by atoms with Crippen LogP contribution in [0.25, 0.3) is 11.0 Å². The number of hydrogen-bond acceptors (Lipinski definition) is 7. The molecule has 3 heterocycles. The number of anilines is 1. The van der Waals surface area contributed by atoms with Crippen molar-refractivity contribution in [2.75, 3.05) is 18.9 Å². The average molecular weight is 294 g/mol. The molecule has 1 saturated heterocycles. The highest BCUT2D eigenvalue weighted by Crippen LogP contribution is 2.38. The maximum Gasteiger partial charge on any atom is 0.147 e. The Morgan fingerprint density at radius 1 is 1.43 bits per heavy atom. The Morgan fingerprint density at radius 3 is 2.76 bits per heavy atom. The van der Waals surface area contributed by atoms with Crippen molar-refractivity contribution in [3.8, 4) is 0 Å². The second kappa shape index (κ2) is 4.92. The van der Waals surface area contributed by atoms with E-state index in [1.54, 1.807) is 4.57 Å². The molecule has 8 nitrogen and oxygen atoms in total. The van der Waals surface area contributed by atoms with E-state index >= 15 is 0 Å². The summed E-state index contributed by atoms with van der Waals surface area (Å²) in [5.41, 5.74) is 6.01. The van der Waals surface area contributed by atoms with Crippen LogP contribution >= 0.6 is 0 Å². The van der Waals surface area contributed by atoms with Gasteiger partial charge in [0.2, 0.25) is 0 Å². The highest BCUT2D eigenvalue weighted by Gasteiger charge is 2.48. The zero-order valence-electron chi connectivity index (χ0n) is 11.6. The molecule has 1 aliphatic heterocycles. The van der Waals surface area contributed by atoms with Crippen molar-refractivity contribution in [1.29, 1.82) is 0 Å². The van der Waals surface area contributed by atoms with Crippen molar-refractivity contribution < 1.29 is 20.1 Å². The summed E-state index contributed by atoms with van der Waals surface area (Å²) in [6.45, 7) is 0.961. The lowest BCUT2D eigenvalue weighted by Crippen LogP contribution is -2.46. The Morgan fingerprint density at radius 2 is 2.14 bits per heavy atom. The molecule has 0 unspecified atom stereocenters. The van der Waals surface area contributed by atoms with Gasteiger partial charge in [0.25, 0.3) is 0 Å². The largest absolute Gasteiger partial charge is 0.393 e. The number of rotatable bonds is 3. The maximum absolute atomic E-state index is 10.1. The monoisotopic (exact) mass is 294 g/mol. The topological polar surface area (TPSA) is 127 Å². The fraction of sp³-hybridized carbons (Fsp3) is 0.538. The SMILES string of the molecule is Cc1cn([C@H]2C[C@H](O)C(CO)(CO)O2)c2ncnc(N)c12. The number of aliphatic hydroxyl groups is 3. The quantitative estimate of drug-likeness (QED) is 0.591. The van der Waals surface area contributed by atoms with Crippen molar-refractivity contribution >= 4 is 16.9 Å². The number of aliphatic hydroxyl groups excluding tert-OH is 3. The van der Waals surface area contributed by atoms with Crippen LogP contribution in [0.2, 0.25) is 0 Å². The molecule has 21 heavy (non-hydrogen) atoms. The first-order chi connectivity index (χ1) is 10.0. The second-order valence-electron chi connectivity index (χ2n) is 5.38. The van der Waals surface area contributed by atoms with E-state index < -0.39 is 31.1 Å². The summed E-state index contributed by atoms with van der Waals surface area (Å²) in [5, 5.41) is 29.7. The summed E-state index contributed by atoms with van der Waals surface area (Å²) in [6.07, 6.45) is 1.93. The van der Waals surface area contributed by atoms with Crippen molar-refractivity contribution in [2.24, 2.45) is 0 Å². The third-order valence-corrected chi connectivity index (χ3v) is 4.08. The van der Waals surface area contributed by atoms with E-state index in [0.717, 1.165) is 10.9 Å². The van der Waals surface area contributed by atoms with Gasteiger partial charge in [0.1, 0.15) is 29.6 Å². The number of nitrogens with zero attached hydrogens (tertiary/aromatic N) is 3. The molecule has 0 radical (unpaired) electrons. The van der Waals surface area contributed by atoms with Gasteiger partial charge in [0, 0.05) is 12.6 Å². The van der Waals surface area contributed by atoms with Gasteiger partial charge >= 0.3 is 0 Å². The van der Waals surface area contributed by atoms with Gasteiger partial charge in [0.15, 0.2) is 0 Å². The van der Waals surface area contributed by atoms with Crippen molar-refractivity contribution in [1.82, 2.24) is 14.5 Å². The minimum absolute atomic E-state index is 0.244. The molecule has 0 amide bonds. The van der Waals surface area contributed by atoms with Gasteiger partial charge in [-0.25, -0.2) is 9.97 Å². The molecule has 5 N–H and O–H groups in total. The number of nitrogen functional groups attached to an aromatic ring is 1. The van der Waals surface area contributed by atoms with Crippen LogP contribution in [0.15, 0.2) is 12.5 Å². The first-order valence-corrected chi connectivity index (χ1v) is 6.67. The number of ether oxygens (including phenoxy) is 1. The van der Waals surface area contributed by atoms with Crippen LogP contribution in [0.4, 0.5) is 5.82 Å². The van der Waals surface area contributed by atoms with Gasteiger partial charge in [-0.05, 0) is 12.5 Å². The zero-order valence-corrected chi connectivity index (χ0v) is 11.6. The first kappa shape index (κ1) is 14.2. The molecule has 2 aromatic heterocycles. The summed E-state index contributed by atoms with van der Waals surface area (Å²) >= 11 is 0. The Labute approximate surface area is 120 Å². The van der Waals surface area contributed by atoms with Gasteiger partial charge in [-0.3, -0.25) is 0 Å². The Balaban J connectivity index is 2.05. The predicted octanol–water partition coefficient (Wildman–Crippen LogP) is -0.675. The molecule has 0 spiro atoms. The molecule has 8 heteroatoms. The zero-order chi connectivity index (χ0) is 15.2. The van der Waals surface area contributed by atoms with Crippen LogP contribution in [-0.2, 0) is 4.74 Å². The summed E-state index contributed by atoms with van der Waals surface area (Å²) in [6, 6.07) is 0. The van der Waals surface area contributed by atoms with Crippen LogP contribution in [0, 0.1) is 6.92 Å². The minimum Gasteiger partial charge on any atom is -0.393 e. The molecule has 2 aromatic rings. The highest BCUT2D eigenvalue weighted by atomic mass is 16.6.